The minimum atomic E-state index is -0.851. The molecule has 0 saturated carbocycles. The van der Waals surface area contributed by atoms with Crippen LogP contribution in [-0.4, -0.2) is 56.9 Å². The molecular weight excluding hydrogens is 418 g/mol. The lowest BCUT2D eigenvalue weighted by Gasteiger charge is -2.26. The van der Waals surface area contributed by atoms with Crippen molar-refractivity contribution in [1.29, 1.82) is 0 Å². The number of ether oxygens (including phenoxy) is 1. The van der Waals surface area contributed by atoms with E-state index in [1.807, 2.05) is 30.3 Å². The Labute approximate surface area is 185 Å². The maximum atomic E-state index is 12.7. The van der Waals surface area contributed by atoms with E-state index in [2.05, 4.69) is 5.32 Å². The van der Waals surface area contributed by atoms with Crippen LogP contribution in [0.1, 0.15) is 37.7 Å². The number of hydrogen-bond acceptors (Lipinski definition) is 7. The zero-order valence-electron chi connectivity index (χ0n) is 17.6. The van der Waals surface area contributed by atoms with Crippen molar-refractivity contribution in [2.75, 3.05) is 13.1 Å². The first kappa shape index (κ1) is 23.0. The fraction of sp³-hybridized carbons (Fsp3) is 0.409. The lowest BCUT2D eigenvalue weighted by atomic mass is 10.1. The zero-order valence-corrected chi connectivity index (χ0v) is 17.6. The fourth-order valence-electron chi connectivity index (χ4n) is 3.47. The van der Waals surface area contributed by atoms with Crippen molar-refractivity contribution < 1.29 is 34.2 Å². The molecule has 3 N–H and O–H groups in total. The first-order valence-electron chi connectivity index (χ1n) is 10.5. The monoisotopic (exact) mass is 445 g/mol. The van der Waals surface area contributed by atoms with Crippen LogP contribution in [0.4, 0.5) is 4.79 Å². The van der Waals surface area contributed by atoms with Crippen LogP contribution < -0.4 is 10.2 Å². The highest BCUT2D eigenvalue weighted by Crippen LogP contribution is 2.22. The minimum Gasteiger partial charge on any atom is -0.492 e. The SMILES string of the molecule is O=C(NCCCCC(C(=O)On1c(O)ccc1O)N1CCCC1=O)OCc1ccccc1. The Morgan fingerprint density at radius 3 is 2.44 bits per heavy atom. The molecule has 1 aromatic heterocycles. The molecule has 1 fully saturated rings. The summed E-state index contributed by atoms with van der Waals surface area (Å²) in [5.74, 6) is -1.76. The predicted molar refractivity (Wildman–Crippen MR) is 113 cm³/mol. The van der Waals surface area contributed by atoms with Crippen LogP contribution in [-0.2, 0) is 20.9 Å². The van der Waals surface area contributed by atoms with Gasteiger partial charge in [0.25, 0.3) is 0 Å². The fourth-order valence-corrected chi connectivity index (χ4v) is 3.47. The molecule has 2 amide bonds. The van der Waals surface area contributed by atoms with Gasteiger partial charge in [-0.05, 0) is 31.2 Å². The van der Waals surface area contributed by atoms with E-state index in [0.717, 1.165) is 5.56 Å². The van der Waals surface area contributed by atoms with Gasteiger partial charge in [-0.1, -0.05) is 30.3 Å². The largest absolute Gasteiger partial charge is 0.492 e. The number of nitrogens with zero attached hydrogens (tertiary/aromatic N) is 2. The van der Waals surface area contributed by atoms with Gasteiger partial charge in [0.15, 0.2) is 0 Å². The number of carbonyl (C=O) groups excluding carboxylic acids is 3. The van der Waals surface area contributed by atoms with Gasteiger partial charge < -0.3 is 30.0 Å². The van der Waals surface area contributed by atoms with E-state index in [0.29, 0.717) is 49.9 Å². The summed E-state index contributed by atoms with van der Waals surface area (Å²) in [4.78, 5) is 43.2. The van der Waals surface area contributed by atoms with E-state index in [1.54, 1.807) is 0 Å². The van der Waals surface area contributed by atoms with Gasteiger partial charge in [0.2, 0.25) is 17.7 Å². The van der Waals surface area contributed by atoms with Gasteiger partial charge in [-0.2, -0.15) is 0 Å². The Bertz CT molecular complexity index is 909. The number of likely N-dealkylation sites (tertiary alicyclic amines) is 1. The third kappa shape index (κ3) is 6.16. The molecule has 1 aromatic carbocycles. The summed E-state index contributed by atoms with van der Waals surface area (Å²) in [5.41, 5.74) is 0.888. The van der Waals surface area contributed by atoms with E-state index in [-0.39, 0.29) is 12.5 Å². The first-order chi connectivity index (χ1) is 15.5. The molecule has 0 bridgehead atoms. The third-order valence-electron chi connectivity index (χ3n) is 5.12. The summed E-state index contributed by atoms with van der Waals surface area (Å²) >= 11 is 0. The van der Waals surface area contributed by atoms with E-state index in [4.69, 9.17) is 9.57 Å². The minimum absolute atomic E-state index is 0.143. The van der Waals surface area contributed by atoms with Gasteiger partial charge in [-0.25, -0.2) is 9.59 Å². The molecule has 10 heteroatoms. The Morgan fingerprint density at radius 1 is 1.06 bits per heavy atom. The maximum Gasteiger partial charge on any atom is 0.407 e. The Kier molecular flexibility index (Phi) is 7.96. The van der Waals surface area contributed by atoms with Crippen LogP contribution >= 0.6 is 0 Å². The van der Waals surface area contributed by atoms with E-state index < -0.39 is 29.9 Å². The molecule has 1 aliphatic heterocycles. The lowest BCUT2D eigenvalue weighted by Crippen LogP contribution is -2.45. The first-order valence-corrected chi connectivity index (χ1v) is 10.5. The molecule has 172 valence electrons. The average Bonchev–Trinajstić information content (AvgIpc) is 3.35. The summed E-state index contributed by atoms with van der Waals surface area (Å²) in [6.45, 7) is 0.964. The molecule has 1 unspecified atom stereocenters. The van der Waals surface area contributed by atoms with Crippen molar-refractivity contribution in [2.24, 2.45) is 0 Å². The van der Waals surface area contributed by atoms with Crippen LogP contribution in [0.5, 0.6) is 11.8 Å². The molecule has 0 radical (unpaired) electrons. The summed E-state index contributed by atoms with van der Waals surface area (Å²) in [6, 6.07) is 10.8. The topological polar surface area (TPSA) is 130 Å². The number of rotatable bonds is 10. The van der Waals surface area contributed by atoms with Gasteiger partial charge in [0.05, 0.1) is 0 Å². The molecule has 2 aromatic rings. The second-order valence-electron chi connectivity index (χ2n) is 7.45. The Balaban J connectivity index is 1.45. The number of hydrogen-bond donors (Lipinski definition) is 3. The van der Waals surface area contributed by atoms with Crippen molar-refractivity contribution in [3.63, 3.8) is 0 Å². The smallest absolute Gasteiger partial charge is 0.407 e. The van der Waals surface area contributed by atoms with Gasteiger partial charge in [0.1, 0.15) is 12.6 Å². The summed E-state index contributed by atoms with van der Waals surface area (Å²) < 4.78 is 5.75. The summed E-state index contributed by atoms with van der Waals surface area (Å²) in [5, 5.41) is 22.0. The molecule has 2 heterocycles. The van der Waals surface area contributed by atoms with Gasteiger partial charge in [0, 0.05) is 31.6 Å². The molecule has 0 spiro atoms. The molecule has 1 aliphatic rings. The highest BCUT2D eigenvalue weighted by Gasteiger charge is 2.34. The van der Waals surface area contributed by atoms with Crippen molar-refractivity contribution >= 4 is 18.0 Å². The van der Waals surface area contributed by atoms with Crippen LogP contribution in [0.3, 0.4) is 0 Å². The van der Waals surface area contributed by atoms with E-state index >= 15 is 0 Å². The summed E-state index contributed by atoms with van der Waals surface area (Å²) in [6.07, 6.45) is 1.89. The number of amides is 2. The Morgan fingerprint density at radius 2 is 1.78 bits per heavy atom. The number of aromatic hydroxyl groups is 2. The van der Waals surface area contributed by atoms with Crippen LogP contribution in [0.25, 0.3) is 0 Å². The van der Waals surface area contributed by atoms with Gasteiger partial charge in [-0.3, -0.25) is 4.79 Å². The molecule has 0 aliphatic carbocycles. The lowest BCUT2D eigenvalue weighted by molar-refractivity contribution is -0.155. The standard InChI is InChI=1S/C22H27N3O7/c26-18-10-6-14-24(18)17(21(29)32-25-19(27)11-12-20(25)28)9-4-5-13-23-22(30)31-15-16-7-2-1-3-8-16/h1-3,7-8,11-12,17,27-28H,4-6,9-10,13-15H2,(H,23,30). The van der Waals surface area contributed by atoms with Crippen LogP contribution in [0.15, 0.2) is 42.5 Å². The molecular formula is C22H27N3O7. The summed E-state index contributed by atoms with van der Waals surface area (Å²) in [7, 11) is 0. The molecule has 3 rings (SSSR count). The number of nitrogens with one attached hydrogen (secondary N) is 1. The molecule has 32 heavy (non-hydrogen) atoms. The highest BCUT2D eigenvalue weighted by molar-refractivity contribution is 5.86. The second kappa shape index (κ2) is 11.1. The number of unbranched alkanes of at least 4 members (excludes halogenated alkanes) is 1. The molecule has 1 atom stereocenters. The zero-order chi connectivity index (χ0) is 22.9. The van der Waals surface area contributed by atoms with Crippen LogP contribution in [0.2, 0.25) is 0 Å². The second-order valence-corrected chi connectivity index (χ2v) is 7.45. The maximum absolute atomic E-state index is 12.7. The predicted octanol–water partition coefficient (Wildman–Crippen LogP) is 1.94. The normalized spacial score (nSPS) is 14.2. The van der Waals surface area contributed by atoms with E-state index in [1.165, 1.54) is 17.0 Å². The average molecular weight is 445 g/mol. The van der Waals surface area contributed by atoms with Crippen molar-refractivity contribution in [2.45, 2.75) is 44.8 Å². The van der Waals surface area contributed by atoms with Gasteiger partial charge in [-0.15, -0.1) is 4.73 Å². The quantitative estimate of drug-likeness (QED) is 0.477. The number of alkyl carbamates (subject to hydrolysis) is 1. The van der Waals surface area contributed by atoms with Crippen molar-refractivity contribution in [3.05, 3.63) is 48.0 Å². The van der Waals surface area contributed by atoms with Crippen molar-refractivity contribution in [3.8, 4) is 11.8 Å². The molecule has 1 saturated heterocycles. The number of aromatic nitrogens is 1. The third-order valence-corrected chi connectivity index (χ3v) is 5.12. The Hall–Kier alpha value is -3.69. The highest BCUT2D eigenvalue weighted by atomic mass is 16.7. The van der Waals surface area contributed by atoms with Gasteiger partial charge >= 0.3 is 12.1 Å². The number of carbonyl (C=O) groups is 3. The number of benzene rings is 1. The molecule has 10 nitrogen and oxygen atoms in total. The van der Waals surface area contributed by atoms with E-state index in [9.17, 15) is 24.6 Å². The van der Waals surface area contributed by atoms with Crippen molar-refractivity contribution in [1.82, 2.24) is 14.9 Å². The van der Waals surface area contributed by atoms with Crippen LogP contribution in [0, 0.1) is 0 Å².